The molecule has 36 heavy (non-hydrogen) atoms. The van der Waals surface area contributed by atoms with Crippen LogP contribution < -0.4 is 11.2 Å². The van der Waals surface area contributed by atoms with Crippen LogP contribution in [0.1, 0.15) is 26.3 Å². The minimum absolute atomic E-state index is 0.0881. The van der Waals surface area contributed by atoms with Gasteiger partial charge in [0.2, 0.25) is 21.1 Å². The zero-order chi connectivity index (χ0) is 26.7. The average Bonchev–Trinajstić information content (AvgIpc) is 3.19. The molecule has 0 bridgehead atoms. The van der Waals surface area contributed by atoms with Crippen LogP contribution in [0.25, 0.3) is 11.4 Å². The monoisotopic (exact) mass is 542 g/mol. The molecule has 3 aromatic rings. The van der Waals surface area contributed by atoms with Gasteiger partial charge in [0.25, 0.3) is 0 Å². The lowest BCUT2D eigenvalue weighted by Crippen LogP contribution is -2.30. The van der Waals surface area contributed by atoms with Crippen molar-refractivity contribution in [1.29, 1.82) is 0 Å². The van der Waals surface area contributed by atoms with Crippen molar-refractivity contribution in [3.05, 3.63) is 54.1 Å². The van der Waals surface area contributed by atoms with Gasteiger partial charge >= 0.3 is 6.18 Å². The number of amides is 1. The summed E-state index contributed by atoms with van der Waals surface area (Å²) in [5.74, 6) is 5.86. The zero-order valence-corrected chi connectivity index (χ0v) is 21.3. The summed E-state index contributed by atoms with van der Waals surface area (Å²) in [4.78, 5) is 12.6. The average molecular weight is 543 g/mol. The number of sulfonamides is 1. The van der Waals surface area contributed by atoms with E-state index in [1.165, 1.54) is 28.6 Å². The highest BCUT2D eigenvalue weighted by molar-refractivity contribution is 8.00. The van der Waals surface area contributed by atoms with Gasteiger partial charge in [0.05, 0.1) is 15.7 Å². The van der Waals surface area contributed by atoms with Crippen molar-refractivity contribution in [3.8, 4) is 11.4 Å². The number of anilines is 1. The summed E-state index contributed by atoms with van der Waals surface area (Å²) in [5.41, 5.74) is -0.186. The lowest BCUT2D eigenvalue weighted by molar-refractivity contribution is -0.137. The van der Waals surface area contributed by atoms with Gasteiger partial charge in [-0.1, -0.05) is 37.7 Å². The number of thioether (sulfide) groups is 1. The first-order valence-electron chi connectivity index (χ1n) is 10.8. The Morgan fingerprint density at radius 2 is 1.78 bits per heavy atom. The molecule has 1 amide bonds. The summed E-state index contributed by atoms with van der Waals surface area (Å²) >= 11 is 0.988. The number of nitrogens with zero attached hydrogens (tertiary/aromatic N) is 4. The van der Waals surface area contributed by atoms with Gasteiger partial charge in [0.1, 0.15) is 0 Å². The molecule has 0 aliphatic carbocycles. The van der Waals surface area contributed by atoms with Crippen molar-refractivity contribution in [3.63, 3.8) is 0 Å². The molecule has 2 aromatic carbocycles. The highest BCUT2D eigenvalue weighted by atomic mass is 32.2. The van der Waals surface area contributed by atoms with Crippen LogP contribution in [0.2, 0.25) is 0 Å². The fourth-order valence-corrected chi connectivity index (χ4v) is 5.54. The molecule has 0 fully saturated rings. The van der Waals surface area contributed by atoms with E-state index in [0.29, 0.717) is 18.7 Å². The van der Waals surface area contributed by atoms with Crippen LogP contribution in [0.3, 0.4) is 0 Å². The first kappa shape index (κ1) is 27.5. The molecule has 9 nitrogen and oxygen atoms in total. The maximum Gasteiger partial charge on any atom is 0.416 e. The van der Waals surface area contributed by atoms with Gasteiger partial charge in [-0.25, -0.2) is 13.1 Å². The molecule has 0 saturated heterocycles. The van der Waals surface area contributed by atoms with Crippen molar-refractivity contribution in [2.45, 2.75) is 42.2 Å². The first-order chi connectivity index (χ1) is 16.9. The molecular formula is C22H25F3N6O3S2. The highest BCUT2D eigenvalue weighted by Crippen LogP contribution is 2.30. The number of nitrogens with one attached hydrogen (secondary N) is 1. The van der Waals surface area contributed by atoms with Crippen LogP contribution in [0.15, 0.2) is 58.6 Å². The van der Waals surface area contributed by atoms with Crippen LogP contribution >= 0.6 is 11.8 Å². The van der Waals surface area contributed by atoms with E-state index in [2.05, 4.69) is 15.5 Å². The van der Waals surface area contributed by atoms with Gasteiger partial charge in [-0.15, -0.1) is 10.2 Å². The van der Waals surface area contributed by atoms with Crippen molar-refractivity contribution in [2.24, 2.45) is 0 Å². The molecular weight excluding hydrogens is 517 g/mol. The smallest absolute Gasteiger partial charge is 0.335 e. The van der Waals surface area contributed by atoms with E-state index in [4.69, 9.17) is 5.84 Å². The predicted molar refractivity (Wildman–Crippen MR) is 131 cm³/mol. The van der Waals surface area contributed by atoms with Crippen LogP contribution in [0.5, 0.6) is 0 Å². The van der Waals surface area contributed by atoms with E-state index in [-0.39, 0.29) is 21.6 Å². The summed E-state index contributed by atoms with van der Waals surface area (Å²) in [6.07, 6.45) is -4.47. The summed E-state index contributed by atoms with van der Waals surface area (Å²) in [6, 6.07) is 10.3. The third kappa shape index (κ3) is 5.99. The molecule has 1 aromatic heterocycles. The fourth-order valence-electron chi connectivity index (χ4n) is 3.26. The van der Waals surface area contributed by atoms with Gasteiger partial charge < -0.3 is 11.2 Å². The Kier molecular flexibility index (Phi) is 8.31. The topological polar surface area (TPSA) is 123 Å². The van der Waals surface area contributed by atoms with E-state index in [9.17, 15) is 26.4 Å². The normalized spacial score (nSPS) is 13.1. The quantitative estimate of drug-likeness (QED) is 0.311. The molecule has 1 atom stereocenters. The van der Waals surface area contributed by atoms with Gasteiger partial charge in [-0.05, 0) is 43.3 Å². The minimum Gasteiger partial charge on any atom is -0.335 e. The van der Waals surface area contributed by atoms with E-state index >= 15 is 0 Å². The largest absolute Gasteiger partial charge is 0.416 e. The Bertz CT molecular complexity index is 1320. The van der Waals surface area contributed by atoms with Crippen LogP contribution in [0.4, 0.5) is 18.9 Å². The van der Waals surface area contributed by atoms with E-state index in [0.717, 1.165) is 28.6 Å². The van der Waals surface area contributed by atoms with E-state index in [1.807, 2.05) is 0 Å². The standard InChI is InChI=1S/C22H25F3N6O3S2/c1-4-30(5-2)36(33,34)18-8-6-7-15(13-18)19-28-29-21(31(19)26)35-14(3)20(32)27-17-11-9-16(10-12-17)22(23,24)25/h6-14H,4-5,26H2,1-3H3,(H,27,32)/t14-/m1/s1. The third-order valence-corrected chi connectivity index (χ3v) is 8.33. The second-order valence-corrected chi connectivity index (χ2v) is 10.9. The summed E-state index contributed by atoms with van der Waals surface area (Å²) in [5, 5.41) is 10.1. The van der Waals surface area contributed by atoms with Gasteiger partial charge in [-0.3, -0.25) is 4.79 Å². The van der Waals surface area contributed by atoms with Crippen molar-refractivity contribution in [1.82, 2.24) is 19.2 Å². The van der Waals surface area contributed by atoms with Crippen molar-refractivity contribution < 1.29 is 26.4 Å². The lowest BCUT2D eigenvalue weighted by Gasteiger charge is -2.18. The number of carbonyl (C=O) groups is 1. The Hall–Kier alpha value is -3.10. The number of benzene rings is 2. The number of hydrogen-bond acceptors (Lipinski definition) is 7. The molecule has 0 radical (unpaired) electrons. The number of alkyl halides is 3. The molecule has 3 N–H and O–H groups in total. The van der Waals surface area contributed by atoms with Gasteiger partial charge in [0.15, 0.2) is 5.82 Å². The number of nitrogen functional groups attached to an aromatic ring is 1. The number of halogens is 3. The van der Waals surface area contributed by atoms with Gasteiger partial charge in [-0.2, -0.15) is 17.5 Å². The summed E-state index contributed by atoms with van der Waals surface area (Å²) in [6.45, 7) is 5.72. The molecule has 3 rings (SSSR count). The third-order valence-electron chi connectivity index (χ3n) is 5.23. The van der Waals surface area contributed by atoms with Crippen molar-refractivity contribution in [2.75, 3.05) is 24.2 Å². The van der Waals surface area contributed by atoms with Gasteiger partial charge in [0, 0.05) is 24.3 Å². The van der Waals surface area contributed by atoms with E-state index < -0.39 is 32.9 Å². The Balaban J connectivity index is 1.74. The number of aromatic nitrogens is 3. The summed E-state index contributed by atoms with van der Waals surface area (Å²) < 4.78 is 66.3. The van der Waals surface area contributed by atoms with Crippen LogP contribution in [-0.4, -0.2) is 51.8 Å². The Labute approximate surface area is 210 Å². The maximum absolute atomic E-state index is 12.9. The second kappa shape index (κ2) is 10.9. The highest BCUT2D eigenvalue weighted by Gasteiger charge is 2.30. The molecule has 194 valence electrons. The van der Waals surface area contributed by atoms with Crippen LogP contribution in [0, 0.1) is 0 Å². The predicted octanol–water partition coefficient (Wildman–Crippen LogP) is 3.83. The fraction of sp³-hybridized carbons (Fsp3) is 0.318. The molecule has 0 aliphatic heterocycles. The zero-order valence-electron chi connectivity index (χ0n) is 19.7. The summed E-state index contributed by atoms with van der Waals surface area (Å²) in [7, 11) is -3.69. The Morgan fingerprint density at radius 3 is 2.36 bits per heavy atom. The first-order valence-corrected chi connectivity index (χ1v) is 13.2. The Morgan fingerprint density at radius 1 is 1.14 bits per heavy atom. The molecule has 14 heteroatoms. The molecule has 0 spiro atoms. The lowest BCUT2D eigenvalue weighted by atomic mass is 10.2. The maximum atomic E-state index is 12.9. The minimum atomic E-state index is -4.47. The SMILES string of the molecule is CCN(CC)S(=O)(=O)c1cccc(-c2nnc(S[C@H](C)C(=O)Nc3ccc(C(F)(F)F)cc3)n2N)c1. The molecule has 0 unspecified atom stereocenters. The number of rotatable bonds is 9. The molecule has 0 aliphatic rings. The molecule has 1 heterocycles. The number of carbonyl (C=O) groups excluding carboxylic acids is 1. The number of nitrogens with two attached hydrogens (primary N) is 1. The number of hydrogen-bond donors (Lipinski definition) is 2. The molecule has 0 saturated carbocycles. The second-order valence-electron chi connectivity index (χ2n) is 7.62. The van der Waals surface area contributed by atoms with E-state index in [1.54, 1.807) is 32.9 Å². The van der Waals surface area contributed by atoms with Crippen LogP contribution in [-0.2, 0) is 21.0 Å². The van der Waals surface area contributed by atoms with Crippen molar-refractivity contribution >= 4 is 33.4 Å².